The number of amides is 1. The quantitative estimate of drug-likeness (QED) is 0.843. The SMILES string of the molecule is CN(C(=O)c1cc(O)cc(O)c1)C(C)(C)CBr. The van der Waals surface area contributed by atoms with Crippen LogP contribution in [0, 0.1) is 0 Å². The number of hydrogen-bond acceptors (Lipinski definition) is 3. The van der Waals surface area contributed by atoms with Crippen molar-refractivity contribution in [2.75, 3.05) is 12.4 Å². The zero-order valence-corrected chi connectivity index (χ0v) is 11.7. The van der Waals surface area contributed by atoms with Gasteiger partial charge in [-0.2, -0.15) is 0 Å². The van der Waals surface area contributed by atoms with Crippen LogP contribution in [0.1, 0.15) is 24.2 Å². The van der Waals surface area contributed by atoms with Crippen molar-refractivity contribution in [3.05, 3.63) is 23.8 Å². The van der Waals surface area contributed by atoms with Gasteiger partial charge >= 0.3 is 0 Å². The third-order valence-corrected chi connectivity index (χ3v) is 4.06. The van der Waals surface area contributed by atoms with E-state index in [1.807, 2.05) is 13.8 Å². The van der Waals surface area contributed by atoms with E-state index in [-0.39, 0.29) is 28.5 Å². The van der Waals surface area contributed by atoms with E-state index in [1.165, 1.54) is 18.2 Å². The molecule has 0 spiro atoms. The normalized spacial score (nSPS) is 11.3. The van der Waals surface area contributed by atoms with E-state index in [0.29, 0.717) is 5.33 Å². The van der Waals surface area contributed by atoms with Gasteiger partial charge in [0.2, 0.25) is 0 Å². The zero-order valence-electron chi connectivity index (χ0n) is 10.1. The van der Waals surface area contributed by atoms with Crippen molar-refractivity contribution >= 4 is 21.8 Å². The molecule has 0 aliphatic carbocycles. The summed E-state index contributed by atoms with van der Waals surface area (Å²) < 4.78 is 0. The first-order valence-electron chi connectivity index (χ1n) is 5.15. The molecule has 0 aliphatic rings. The van der Waals surface area contributed by atoms with Crippen LogP contribution in [0.3, 0.4) is 0 Å². The van der Waals surface area contributed by atoms with Crippen LogP contribution in [-0.2, 0) is 0 Å². The summed E-state index contributed by atoms with van der Waals surface area (Å²) in [5, 5.41) is 19.3. The number of hydrogen-bond donors (Lipinski definition) is 2. The Morgan fingerprint density at radius 1 is 1.29 bits per heavy atom. The standard InChI is InChI=1S/C12H16BrNO3/c1-12(2,7-13)14(3)11(17)8-4-9(15)6-10(16)5-8/h4-6,15-16H,7H2,1-3H3. The Hall–Kier alpha value is -1.23. The maximum Gasteiger partial charge on any atom is 0.254 e. The third-order valence-electron chi connectivity index (χ3n) is 2.69. The summed E-state index contributed by atoms with van der Waals surface area (Å²) >= 11 is 3.35. The Labute approximate surface area is 109 Å². The summed E-state index contributed by atoms with van der Waals surface area (Å²) in [5.41, 5.74) is -0.0861. The van der Waals surface area contributed by atoms with Crippen molar-refractivity contribution in [2.24, 2.45) is 0 Å². The summed E-state index contributed by atoms with van der Waals surface area (Å²) in [7, 11) is 1.69. The van der Waals surface area contributed by atoms with Gasteiger partial charge in [0.05, 0.1) is 0 Å². The predicted molar refractivity (Wildman–Crippen MR) is 69.7 cm³/mol. The lowest BCUT2D eigenvalue weighted by Gasteiger charge is -2.34. The molecule has 0 saturated heterocycles. The number of carbonyl (C=O) groups is 1. The average Bonchev–Trinajstić information content (AvgIpc) is 2.25. The number of carbonyl (C=O) groups excluding carboxylic acids is 1. The van der Waals surface area contributed by atoms with E-state index in [9.17, 15) is 15.0 Å². The Morgan fingerprint density at radius 2 is 1.76 bits per heavy atom. The van der Waals surface area contributed by atoms with E-state index in [4.69, 9.17) is 0 Å². The van der Waals surface area contributed by atoms with Gasteiger partial charge in [0.1, 0.15) is 11.5 Å². The highest BCUT2D eigenvalue weighted by Gasteiger charge is 2.27. The average molecular weight is 302 g/mol. The number of alkyl halides is 1. The third kappa shape index (κ3) is 3.12. The maximum absolute atomic E-state index is 12.1. The molecule has 0 radical (unpaired) electrons. The second-order valence-electron chi connectivity index (χ2n) is 4.55. The molecule has 0 bridgehead atoms. The van der Waals surface area contributed by atoms with E-state index < -0.39 is 0 Å². The maximum atomic E-state index is 12.1. The highest BCUT2D eigenvalue weighted by Crippen LogP contribution is 2.24. The molecule has 94 valence electrons. The summed E-state index contributed by atoms with van der Waals surface area (Å²) in [6, 6.07) is 3.86. The fourth-order valence-electron chi connectivity index (χ4n) is 1.28. The van der Waals surface area contributed by atoms with Gasteiger partial charge in [-0.1, -0.05) is 15.9 Å². The molecular weight excluding hydrogens is 286 g/mol. The molecule has 0 unspecified atom stereocenters. The van der Waals surface area contributed by atoms with Crippen LogP contribution < -0.4 is 0 Å². The minimum Gasteiger partial charge on any atom is -0.508 e. The fourth-order valence-corrected chi connectivity index (χ4v) is 1.65. The predicted octanol–water partition coefficient (Wildman–Crippen LogP) is 2.34. The van der Waals surface area contributed by atoms with Crippen LogP contribution in [0.2, 0.25) is 0 Å². The monoisotopic (exact) mass is 301 g/mol. The van der Waals surface area contributed by atoms with Gasteiger partial charge in [0.25, 0.3) is 5.91 Å². The molecule has 0 fully saturated rings. The van der Waals surface area contributed by atoms with Gasteiger partial charge in [-0.3, -0.25) is 4.79 Å². The van der Waals surface area contributed by atoms with Crippen LogP contribution in [0.5, 0.6) is 11.5 Å². The molecular formula is C12H16BrNO3. The molecule has 1 aromatic rings. The van der Waals surface area contributed by atoms with Gasteiger partial charge in [-0.15, -0.1) is 0 Å². The first-order chi connectivity index (χ1) is 7.77. The zero-order chi connectivity index (χ0) is 13.2. The molecule has 1 rings (SSSR count). The number of phenols is 2. The van der Waals surface area contributed by atoms with Crippen molar-refractivity contribution in [3.8, 4) is 11.5 Å². The topological polar surface area (TPSA) is 60.8 Å². The largest absolute Gasteiger partial charge is 0.508 e. The van der Waals surface area contributed by atoms with E-state index in [2.05, 4.69) is 15.9 Å². The number of benzene rings is 1. The fraction of sp³-hybridized carbons (Fsp3) is 0.417. The molecule has 1 aromatic carbocycles. The number of nitrogens with zero attached hydrogens (tertiary/aromatic N) is 1. The van der Waals surface area contributed by atoms with Gasteiger partial charge in [0.15, 0.2) is 0 Å². The highest BCUT2D eigenvalue weighted by atomic mass is 79.9. The van der Waals surface area contributed by atoms with E-state index >= 15 is 0 Å². The molecule has 2 N–H and O–H groups in total. The Kier molecular flexibility index (Phi) is 4.03. The number of rotatable bonds is 3. The molecule has 0 heterocycles. The molecule has 0 aromatic heterocycles. The van der Waals surface area contributed by atoms with Gasteiger partial charge < -0.3 is 15.1 Å². The Bertz CT molecular complexity index is 412. The molecule has 0 aliphatic heterocycles. The lowest BCUT2D eigenvalue weighted by Crippen LogP contribution is -2.46. The van der Waals surface area contributed by atoms with Gasteiger partial charge in [-0.05, 0) is 26.0 Å². The Balaban J connectivity index is 3.04. The number of phenolic OH excluding ortho intramolecular Hbond substituents is 2. The summed E-state index contributed by atoms with van der Waals surface area (Å²) in [5.74, 6) is -0.502. The van der Waals surface area contributed by atoms with Crippen LogP contribution in [-0.4, -0.2) is 38.9 Å². The van der Waals surface area contributed by atoms with E-state index in [1.54, 1.807) is 11.9 Å². The molecule has 17 heavy (non-hydrogen) atoms. The number of aromatic hydroxyl groups is 2. The summed E-state index contributed by atoms with van der Waals surface area (Å²) in [6.45, 7) is 3.84. The summed E-state index contributed by atoms with van der Waals surface area (Å²) in [6.07, 6.45) is 0. The summed E-state index contributed by atoms with van der Waals surface area (Å²) in [4.78, 5) is 13.7. The van der Waals surface area contributed by atoms with Gasteiger partial charge in [0, 0.05) is 29.5 Å². The van der Waals surface area contributed by atoms with Crippen LogP contribution >= 0.6 is 15.9 Å². The lowest BCUT2D eigenvalue weighted by molar-refractivity contribution is 0.0662. The van der Waals surface area contributed by atoms with Crippen LogP contribution in [0.4, 0.5) is 0 Å². The number of halogens is 1. The van der Waals surface area contributed by atoms with Crippen molar-refractivity contribution < 1.29 is 15.0 Å². The van der Waals surface area contributed by atoms with Crippen molar-refractivity contribution in [2.45, 2.75) is 19.4 Å². The molecule has 4 nitrogen and oxygen atoms in total. The molecule has 0 saturated carbocycles. The van der Waals surface area contributed by atoms with E-state index in [0.717, 1.165) is 0 Å². The van der Waals surface area contributed by atoms with Crippen molar-refractivity contribution in [1.82, 2.24) is 4.90 Å². The Morgan fingerprint density at radius 3 is 2.18 bits per heavy atom. The van der Waals surface area contributed by atoms with Crippen LogP contribution in [0.15, 0.2) is 18.2 Å². The minimum atomic E-state index is -0.349. The second-order valence-corrected chi connectivity index (χ2v) is 5.11. The van der Waals surface area contributed by atoms with Gasteiger partial charge in [-0.25, -0.2) is 0 Å². The highest BCUT2D eigenvalue weighted by molar-refractivity contribution is 9.09. The minimum absolute atomic E-state index is 0.126. The molecule has 1 amide bonds. The van der Waals surface area contributed by atoms with Crippen molar-refractivity contribution in [3.63, 3.8) is 0 Å². The first kappa shape index (κ1) is 13.8. The molecule has 5 heteroatoms. The smallest absolute Gasteiger partial charge is 0.254 e. The van der Waals surface area contributed by atoms with Crippen molar-refractivity contribution in [1.29, 1.82) is 0 Å². The second kappa shape index (κ2) is 4.96. The molecule has 0 atom stereocenters. The first-order valence-corrected chi connectivity index (χ1v) is 6.27. The van der Waals surface area contributed by atoms with Crippen LogP contribution in [0.25, 0.3) is 0 Å². The lowest BCUT2D eigenvalue weighted by atomic mass is 10.0.